The van der Waals surface area contributed by atoms with E-state index < -0.39 is 29.8 Å². The van der Waals surface area contributed by atoms with E-state index in [-0.39, 0.29) is 52.9 Å². The molecule has 0 saturated carbocycles. The highest BCUT2D eigenvalue weighted by Gasteiger charge is 2.34. The molecule has 4 saturated heterocycles. The average molecular weight is 705 g/mol. The smallest absolute Gasteiger partial charge is 0.0900 e. The Bertz CT molecular complexity index is 699. The van der Waals surface area contributed by atoms with E-state index in [1.165, 1.54) is 0 Å². The number of piperazine rings is 4. The topological polar surface area (TPSA) is 179 Å². The van der Waals surface area contributed by atoms with Crippen LogP contribution in [-0.2, 0) is 18.9 Å². The molecule has 4 rings (SSSR count). The van der Waals surface area contributed by atoms with Gasteiger partial charge in [0.1, 0.15) is 0 Å². The summed E-state index contributed by atoms with van der Waals surface area (Å²) in [7, 11) is 0. The molecule has 8 N–H and O–H groups in total. The van der Waals surface area contributed by atoms with Gasteiger partial charge in [-0.3, -0.25) is 19.6 Å². The van der Waals surface area contributed by atoms with Crippen molar-refractivity contribution in [3.63, 3.8) is 0 Å². The first kappa shape index (κ1) is 41.1. The standard InChI is InChI=1S/C33H68N8O8/c42-29(17-38-9-1-34-2-10-38)21-46-25-33(26-47-22-30(43)18-39-11-3-35-4-12-39,27-48-23-31(44)19-40-13-5-36-6-14-40)28-49-24-32(45)20-41-15-7-37-8-16-41/h29-32,34-37,42-45H,1-28H2. The number of aliphatic hydroxyl groups is 4. The second-order valence-corrected chi connectivity index (χ2v) is 14.4. The molecular formula is C33H68N8O8. The van der Waals surface area contributed by atoms with Gasteiger partial charge in [0.2, 0.25) is 0 Å². The van der Waals surface area contributed by atoms with Gasteiger partial charge >= 0.3 is 0 Å². The summed E-state index contributed by atoms with van der Waals surface area (Å²) in [5.74, 6) is 0. The lowest BCUT2D eigenvalue weighted by Crippen LogP contribution is -2.49. The molecular weight excluding hydrogens is 636 g/mol. The molecule has 16 heteroatoms. The van der Waals surface area contributed by atoms with E-state index in [9.17, 15) is 20.4 Å². The Morgan fingerprint density at radius 1 is 0.388 bits per heavy atom. The van der Waals surface area contributed by atoms with Gasteiger partial charge in [-0.05, 0) is 0 Å². The van der Waals surface area contributed by atoms with Crippen LogP contribution in [0.25, 0.3) is 0 Å². The van der Waals surface area contributed by atoms with Crippen LogP contribution in [-0.4, -0.2) is 248 Å². The fourth-order valence-electron chi connectivity index (χ4n) is 6.87. The van der Waals surface area contributed by atoms with Gasteiger partial charge in [-0.25, -0.2) is 0 Å². The predicted octanol–water partition coefficient (Wildman–Crippen LogP) is -4.90. The summed E-state index contributed by atoms with van der Waals surface area (Å²) in [6.45, 7) is 17.8. The molecule has 4 aliphatic rings. The van der Waals surface area contributed by atoms with Crippen molar-refractivity contribution < 1.29 is 39.4 Å². The first-order valence-corrected chi connectivity index (χ1v) is 18.6. The summed E-state index contributed by atoms with van der Waals surface area (Å²) in [4.78, 5) is 8.91. The minimum Gasteiger partial charge on any atom is -0.389 e. The van der Waals surface area contributed by atoms with Crippen LogP contribution in [0, 0.1) is 5.41 Å². The van der Waals surface area contributed by atoms with E-state index in [0.29, 0.717) is 26.2 Å². The highest BCUT2D eigenvalue weighted by molar-refractivity contribution is 4.82. The number of hydrogen-bond donors (Lipinski definition) is 8. The Kier molecular flexibility index (Phi) is 20.0. The van der Waals surface area contributed by atoms with Gasteiger partial charge in [0.05, 0.1) is 82.7 Å². The maximum absolute atomic E-state index is 10.8. The lowest BCUT2D eigenvalue weighted by Gasteiger charge is -2.35. The van der Waals surface area contributed by atoms with E-state index in [0.717, 1.165) is 105 Å². The molecule has 0 radical (unpaired) electrons. The molecule has 0 aromatic heterocycles. The van der Waals surface area contributed by atoms with Crippen molar-refractivity contribution >= 4 is 0 Å². The summed E-state index contributed by atoms with van der Waals surface area (Å²) >= 11 is 0. The van der Waals surface area contributed by atoms with Crippen LogP contribution < -0.4 is 21.3 Å². The van der Waals surface area contributed by atoms with Crippen LogP contribution in [0.2, 0.25) is 0 Å². The van der Waals surface area contributed by atoms with Gasteiger partial charge in [0.25, 0.3) is 0 Å². The van der Waals surface area contributed by atoms with E-state index in [2.05, 4.69) is 40.9 Å². The summed E-state index contributed by atoms with van der Waals surface area (Å²) in [5.41, 5.74) is -0.799. The molecule has 0 aromatic carbocycles. The minimum absolute atomic E-state index is 0.147. The van der Waals surface area contributed by atoms with E-state index >= 15 is 0 Å². The van der Waals surface area contributed by atoms with E-state index in [1.54, 1.807) is 0 Å². The van der Waals surface area contributed by atoms with Crippen molar-refractivity contribution in [3.8, 4) is 0 Å². The highest BCUT2D eigenvalue weighted by atomic mass is 16.5. The van der Waals surface area contributed by atoms with Crippen LogP contribution in [0.3, 0.4) is 0 Å². The molecule has 0 bridgehead atoms. The number of rotatable bonds is 24. The van der Waals surface area contributed by atoms with Gasteiger partial charge in [-0.1, -0.05) is 0 Å². The number of nitrogens with zero attached hydrogens (tertiary/aromatic N) is 4. The normalized spacial score (nSPS) is 24.7. The van der Waals surface area contributed by atoms with Crippen LogP contribution in [0.5, 0.6) is 0 Å². The third-order valence-corrected chi connectivity index (χ3v) is 9.59. The molecule has 4 atom stereocenters. The van der Waals surface area contributed by atoms with Crippen LogP contribution >= 0.6 is 0 Å². The zero-order valence-electron chi connectivity index (χ0n) is 29.8. The third-order valence-electron chi connectivity index (χ3n) is 9.59. The number of β-amino-alcohol motifs (C(OH)–C–C–N with tert-alkyl or cyclic N) is 4. The highest BCUT2D eigenvalue weighted by Crippen LogP contribution is 2.22. The Morgan fingerprint density at radius 3 is 0.796 bits per heavy atom. The van der Waals surface area contributed by atoms with Gasteiger partial charge < -0.3 is 60.6 Å². The summed E-state index contributed by atoms with van der Waals surface area (Å²) in [6.07, 6.45) is -2.61. The molecule has 0 spiro atoms. The van der Waals surface area contributed by atoms with Crippen molar-refractivity contribution in [2.45, 2.75) is 24.4 Å². The van der Waals surface area contributed by atoms with Crippen molar-refractivity contribution in [2.24, 2.45) is 5.41 Å². The number of aliphatic hydroxyl groups excluding tert-OH is 4. The zero-order chi connectivity index (χ0) is 34.6. The molecule has 4 fully saturated rings. The fraction of sp³-hybridized carbons (Fsp3) is 1.00. The number of ether oxygens (including phenoxy) is 4. The number of hydrogen-bond acceptors (Lipinski definition) is 16. The van der Waals surface area contributed by atoms with Gasteiger partial charge in [-0.15, -0.1) is 0 Å². The Morgan fingerprint density at radius 2 is 0.592 bits per heavy atom. The van der Waals surface area contributed by atoms with Crippen molar-refractivity contribution in [1.82, 2.24) is 40.9 Å². The zero-order valence-corrected chi connectivity index (χ0v) is 29.8. The Balaban J connectivity index is 1.34. The minimum atomic E-state index is -0.799. The summed E-state index contributed by atoms with van der Waals surface area (Å²) in [5, 5.41) is 56.6. The van der Waals surface area contributed by atoms with Crippen molar-refractivity contribution in [3.05, 3.63) is 0 Å². The maximum Gasteiger partial charge on any atom is 0.0900 e. The van der Waals surface area contributed by atoms with Crippen molar-refractivity contribution in [2.75, 3.05) is 184 Å². The quantitative estimate of drug-likeness (QED) is 0.0479. The largest absolute Gasteiger partial charge is 0.389 e. The molecule has 0 aromatic rings. The van der Waals surface area contributed by atoms with Crippen LogP contribution in [0.1, 0.15) is 0 Å². The molecule has 4 heterocycles. The Labute approximate surface area is 293 Å². The summed E-state index contributed by atoms with van der Waals surface area (Å²) < 4.78 is 24.7. The van der Waals surface area contributed by atoms with Gasteiger partial charge in [0.15, 0.2) is 0 Å². The van der Waals surface area contributed by atoms with Crippen LogP contribution in [0.4, 0.5) is 0 Å². The SMILES string of the molecule is OC(COCC(COCC(O)CN1CCNCC1)(COCC(O)CN1CCNCC1)COCC(O)CN1CCNCC1)CN1CCNCC1. The second-order valence-electron chi connectivity index (χ2n) is 14.4. The van der Waals surface area contributed by atoms with E-state index in [1.807, 2.05) is 0 Å². The van der Waals surface area contributed by atoms with Crippen molar-refractivity contribution in [1.29, 1.82) is 0 Å². The molecule has 49 heavy (non-hydrogen) atoms. The van der Waals surface area contributed by atoms with Crippen LogP contribution in [0.15, 0.2) is 0 Å². The third kappa shape index (κ3) is 17.2. The first-order chi connectivity index (χ1) is 23.9. The molecule has 4 unspecified atom stereocenters. The van der Waals surface area contributed by atoms with E-state index in [4.69, 9.17) is 18.9 Å². The average Bonchev–Trinajstić information content (AvgIpc) is 3.10. The predicted molar refractivity (Wildman–Crippen MR) is 187 cm³/mol. The molecule has 0 amide bonds. The van der Waals surface area contributed by atoms with Gasteiger partial charge in [0, 0.05) is 131 Å². The molecule has 288 valence electrons. The molecule has 4 aliphatic heterocycles. The molecule has 16 nitrogen and oxygen atoms in total. The number of nitrogens with one attached hydrogen (secondary N) is 4. The second kappa shape index (κ2) is 23.8. The first-order valence-electron chi connectivity index (χ1n) is 18.6. The van der Waals surface area contributed by atoms with Gasteiger partial charge in [-0.2, -0.15) is 0 Å². The monoisotopic (exact) mass is 705 g/mol. The maximum atomic E-state index is 10.8. The lowest BCUT2D eigenvalue weighted by molar-refractivity contribution is -0.134. The summed E-state index contributed by atoms with van der Waals surface area (Å²) in [6, 6.07) is 0. The Hall–Kier alpha value is -0.640. The fourth-order valence-corrected chi connectivity index (χ4v) is 6.87. The molecule has 0 aliphatic carbocycles. The lowest BCUT2D eigenvalue weighted by atomic mass is 9.92.